The smallest absolute Gasteiger partial charge is 0.224 e. The lowest BCUT2D eigenvalue weighted by atomic mass is 9.97. The number of carbonyl (C=O) groups is 1. The van der Waals surface area contributed by atoms with Crippen molar-refractivity contribution < 1.29 is 4.79 Å². The monoisotopic (exact) mass is 273 g/mol. The summed E-state index contributed by atoms with van der Waals surface area (Å²) in [6.45, 7) is 2.38. The number of piperidine rings is 1. The molecule has 2 aliphatic heterocycles. The summed E-state index contributed by atoms with van der Waals surface area (Å²) < 4.78 is 0. The Balaban J connectivity index is 1.51. The quantitative estimate of drug-likeness (QED) is 0.822. The average molecular weight is 273 g/mol. The molecule has 4 nitrogen and oxygen atoms in total. The molecular weight excluding hydrogens is 250 g/mol. The third-order valence-electron chi connectivity index (χ3n) is 4.50. The van der Waals surface area contributed by atoms with Gasteiger partial charge in [0.15, 0.2) is 0 Å². The number of nitrogens with one attached hydrogen (secondary N) is 1. The first kappa shape index (κ1) is 13.4. The van der Waals surface area contributed by atoms with E-state index in [0.29, 0.717) is 18.5 Å². The fraction of sp³-hybridized carbons (Fsp3) is 0.562. The van der Waals surface area contributed by atoms with Crippen LogP contribution in [0.4, 0.5) is 5.69 Å². The van der Waals surface area contributed by atoms with E-state index in [0.717, 1.165) is 30.6 Å². The van der Waals surface area contributed by atoms with Crippen LogP contribution in [0.15, 0.2) is 24.3 Å². The maximum Gasteiger partial charge on any atom is 0.224 e. The Bertz CT molecular complexity index is 488. The van der Waals surface area contributed by atoms with Gasteiger partial charge in [-0.2, -0.15) is 0 Å². The van der Waals surface area contributed by atoms with Crippen LogP contribution >= 0.6 is 0 Å². The Morgan fingerprint density at radius 1 is 1.35 bits per heavy atom. The molecular formula is C16H23N3O. The summed E-state index contributed by atoms with van der Waals surface area (Å²) in [6, 6.07) is 8.62. The van der Waals surface area contributed by atoms with E-state index in [4.69, 9.17) is 5.73 Å². The Labute approximate surface area is 120 Å². The molecule has 3 rings (SSSR count). The van der Waals surface area contributed by atoms with Crippen LogP contribution in [0, 0.1) is 0 Å². The van der Waals surface area contributed by atoms with Crippen LogP contribution in [0.2, 0.25) is 0 Å². The molecule has 1 aromatic rings. The molecule has 4 heteroatoms. The van der Waals surface area contributed by atoms with Crippen LogP contribution in [0.25, 0.3) is 0 Å². The maximum atomic E-state index is 12.1. The number of benzene rings is 1. The van der Waals surface area contributed by atoms with Crippen molar-refractivity contribution in [3.63, 3.8) is 0 Å². The van der Waals surface area contributed by atoms with Gasteiger partial charge in [-0.3, -0.25) is 4.79 Å². The molecule has 1 amide bonds. The second-order valence-corrected chi connectivity index (χ2v) is 6.04. The fourth-order valence-corrected chi connectivity index (χ4v) is 3.52. The van der Waals surface area contributed by atoms with E-state index in [1.165, 1.54) is 19.4 Å². The minimum absolute atomic E-state index is 0.118. The van der Waals surface area contributed by atoms with Gasteiger partial charge in [-0.25, -0.2) is 0 Å². The highest BCUT2D eigenvalue weighted by Crippen LogP contribution is 2.26. The van der Waals surface area contributed by atoms with Gasteiger partial charge in [0.2, 0.25) is 5.91 Å². The third kappa shape index (κ3) is 3.12. The Morgan fingerprint density at radius 3 is 3.10 bits per heavy atom. The maximum absolute atomic E-state index is 12.1. The number of fused-ring (bicyclic) bond motifs is 1. The van der Waals surface area contributed by atoms with Crippen molar-refractivity contribution in [1.82, 2.24) is 10.2 Å². The van der Waals surface area contributed by atoms with E-state index in [-0.39, 0.29) is 5.91 Å². The summed E-state index contributed by atoms with van der Waals surface area (Å²) in [5.41, 5.74) is 7.44. The minimum Gasteiger partial charge on any atom is -0.399 e. The number of nitrogens with two attached hydrogens (primary N) is 1. The molecule has 0 radical (unpaired) electrons. The molecule has 2 saturated heterocycles. The third-order valence-corrected chi connectivity index (χ3v) is 4.50. The molecule has 0 aliphatic carbocycles. The first-order valence-electron chi connectivity index (χ1n) is 7.58. The molecule has 0 spiro atoms. The molecule has 2 fully saturated rings. The summed E-state index contributed by atoms with van der Waals surface area (Å²) in [5.74, 6) is 0.118. The Morgan fingerprint density at radius 2 is 2.25 bits per heavy atom. The summed E-state index contributed by atoms with van der Waals surface area (Å²) in [4.78, 5) is 14.7. The van der Waals surface area contributed by atoms with Crippen molar-refractivity contribution >= 4 is 11.6 Å². The number of hydrogen-bond acceptors (Lipinski definition) is 3. The van der Waals surface area contributed by atoms with E-state index >= 15 is 0 Å². The number of amides is 1. The van der Waals surface area contributed by atoms with Gasteiger partial charge in [0, 0.05) is 24.3 Å². The van der Waals surface area contributed by atoms with Crippen molar-refractivity contribution in [1.29, 1.82) is 0 Å². The molecule has 108 valence electrons. The van der Waals surface area contributed by atoms with Crippen molar-refractivity contribution in [2.24, 2.45) is 0 Å². The zero-order chi connectivity index (χ0) is 13.9. The van der Waals surface area contributed by atoms with Gasteiger partial charge >= 0.3 is 0 Å². The highest BCUT2D eigenvalue weighted by atomic mass is 16.1. The lowest BCUT2D eigenvalue weighted by Crippen LogP contribution is -2.47. The molecule has 3 N–H and O–H groups in total. The number of nitrogen functional groups attached to an aromatic ring is 1. The van der Waals surface area contributed by atoms with Gasteiger partial charge in [-0.1, -0.05) is 12.1 Å². The van der Waals surface area contributed by atoms with Crippen LogP contribution in [0.1, 0.15) is 31.2 Å². The molecule has 0 aromatic heterocycles. The predicted molar refractivity (Wildman–Crippen MR) is 80.3 cm³/mol. The number of hydrogen-bond donors (Lipinski definition) is 2. The van der Waals surface area contributed by atoms with Gasteiger partial charge < -0.3 is 16.0 Å². The van der Waals surface area contributed by atoms with Crippen LogP contribution in [-0.4, -0.2) is 36.0 Å². The van der Waals surface area contributed by atoms with Crippen LogP contribution in [-0.2, 0) is 11.2 Å². The molecule has 2 aliphatic rings. The lowest BCUT2D eigenvalue weighted by Gasteiger charge is -2.35. The first-order valence-corrected chi connectivity index (χ1v) is 7.58. The minimum atomic E-state index is 0.118. The van der Waals surface area contributed by atoms with Crippen LogP contribution < -0.4 is 11.1 Å². The molecule has 20 heavy (non-hydrogen) atoms. The summed E-state index contributed by atoms with van der Waals surface area (Å²) in [7, 11) is 0. The van der Waals surface area contributed by atoms with Gasteiger partial charge in [0.05, 0.1) is 6.42 Å². The van der Waals surface area contributed by atoms with Crippen molar-refractivity contribution in [2.45, 2.75) is 44.2 Å². The predicted octanol–water partition coefficient (Wildman–Crippen LogP) is 1.55. The Kier molecular flexibility index (Phi) is 3.92. The van der Waals surface area contributed by atoms with Crippen LogP contribution in [0.5, 0.6) is 0 Å². The van der Waals surface area contributed by atoms with Crippen molar-refractivity contribution in [3.05, 3.63) is 29.8 Å². The first-order chi connectivity index (χ1) is 9.70. The van der Waals surface area contributed by atoms with Gasteiger partial charge in [-0.05, 0) is 49.9 Å². The number of carbonyl (C=O) groups excluding carboxylic acids is 1. The second kappa shape index (κ2) is 5.83. The zero-order valence-corrected chi connectivity index (χ0v) is 11.8. The van der Waals surface area contributed by atoms with Crippen molar-refractivity contribution in [3.8, 4) is 0 Å². The molecule has 0 bridgehead atoms. The number of nitrogens with zero attached hydrogens (tertiary/aromatic N) is 1. The van der Waals surface area contributed by atoms with E-state index in [1.807, 2.05) is 24.3 Å². The largest absolute Gasteiger partial charge is 0.399 e. The second-order valence-electron chi connectivity index (χ2n) is 6.04. The summed E-state index contributed by atoms with van der Waals surface area (Å²) >= 11 is 0. The van der Waals surface area contributed by atoms with E-state index in [9.17, 15) is 4.79 Å². The van der Waals surface area contributed by atoms with Crippen LogP contribution in [0.3, 0.4) is 0 Å². The van der Waals surface area contributed by atoms with Gasteiger partial charge in [0.1, 0.15) is 0 Å². The van der Waals surface area contributed by atoms with E-state index in [1.54, 1.807) is 0 Å². The van der Waals surface area contributed by atoms with E-state index in [2.05, 4.69) is 10.2 Å². The molecule has 1 aromatic carbocycles. The summed E-state index contributed by atoms with van der Waals surface area (Å²) in [5, 5.41) is 3.19. The highest BCUT2D eigenvalue weighted by molar-refractivity contribution is 5.79. The molecule has 2 unspecified atom stereocenters. The average Bonchev–Trinajstić information content (AvgIpc) is 2.86. The number of rotatable bonds is 3. The number of anilines is 1. The Hall–Kier alpha value is -1.55. The van der Waals surface area contributed by atoms with Crippen molar-refractivity contribution in [2.75, 3.05) is 18.8 Å². The van der Waals surface area contributed by atoms with Gasteiger partial charge in [-0.15, -0.1) is 0 Å². The molecule has 0 saturated carbocycles. The topological polar surface area (TPSA) is 58.4 Å². The fourth-order valence-electron chi connectivity index (χ4n) is 3.52. The molecule has 2 atom stereocenters. The van der Waals surface area contributed by atoms with Gasteiger partial charge in [0.25, 0.3) is 0 Å². The van der Waals surface area contributed by atoms with E-state index < -0.39 is 0 Å². The standard InChI is InChI=1S/C16H23N3O/c17-13-4-1-3-12(9-13)10-16(20)18-14-6-8-19-7-2-5-15(19)11-14/h1,3-4,9,14-15H,2,5-8,10-11,17H2,(H,18,20). The highest BCUT2D eigenvalue weighted by Gasteiger charge is 2.32. The lowest BCUT2D eigenvalue weighted by molar-refractivity contribution is -0.121. The molecule has 2 heterocycles. The summed E-state index contributed by atoms with van der Waals surface area (Å²) in [6.07, 6.45) is 5.23. The SMILES string of the molecule is Nc1cccc(CC(=O)NC2CCN3CCCC3C2)c1. The normalized spacial score (nSPS) is 26.2. The zero-order valence-electron chi connectivity index (χ0n) is 11.8.